The van der Waals surface area contributed by atoms with Gasteiger partial charge in [-0.1, -0.05) is 19.0 Å². The van der Waals surface area contributed by atoms with E-state index in [0.717, 1.165) is 25.2 Å². The van der Waals surface area contributed by atoms with Gasteiger partial charge in [-0.3, -0.25) is 0 Å². The molecule has 0 bridgehead atoms. The van der Waals surface area contributed by atoms with E-state index in [1.54, 1.807) is 0 Å². The summed E-state index contributed by atoms with van der Waals surface area (Å²) >= 11 is 0. The predicted molar refractivity (Wildman–Crippen MR) is 44.3 cm³/mol. The quantitative estimate of drug-likeness (QED) is 0.510. The fourth-order valence-corrected chi connectivity index (χ4v) is 0.749. The second kappa shape index (κ2) is 6.59. The molecule has 60 valence electrons. The first-order chi connectivity index (χ1) is 4.89. The van der Waals surface area contributed by atoms with Crippen LogP contribution in [0.3, 0.4) is 0 Å². The Labute approximate surface area is 63.3 Å². The fraction of sp³-hybridized carbons (Fsp3) is 0.875. The second-order valence-electron chi connectivity index (χ2n) is 2.12. The van der Waals surface area contributed by atoms with Crippen LogP contribution in [0.1, 0.15) is 40.0 Å². The summed E-state index contributed by atoms with van der Waals surface area (Å²) < 4.78 is 0. The molecule has 2 nitrogen and oxygen atoms in total. The van der Waals surface area contributed by atoms with E-state index in [4.69, 9.17) is 4.84 Å². The molecule has 0 N–H and O–H groups in total. The number of hydrogen-bond donors (Lipinski definition) is 0. The lowest BCUT2D eigenvalue weighted by Crippen LogP contribution is -1.86. The number of rotatable bonds is 0. The maximum absolute atomic E-state index is 4.89. The molecule has 1 rings (SSSR count). The Kier molecular flexibility index (Phi) is 6.24. The highest BCUT2D eigenvalue weighted by atomic mass is 16.6. The van der Waals surface area contributed by atoms with Gasteiger partial charge in [-0.25, -0.2) is 0 Å². The van der Waals surface area contributed by atoms with Crippen molar-refractivity contribution < 1.29 is 4.84 Å². The van der Waals surface area contributed by atoms with Crippen LogP contribution in [-0.2, 0) is 4.84 Å². The number of nitrogens with zero attached hydrogens (tertiary/aromatic N) is 1. The van der Waals surface area contributed by atoms with E-state index < -0.39 is 0 Å². The van der Waals surface area contributed by atoms with Crippen molar-refractivity contribution >= 4 is 5.71 Å². The fourth-order valence-electron chi connectivity index (χ4n) is 0.749. The highest BCUT2D eigenvalue weighted by molar-refractivity contribution is 5.81. The van der Waals surface area contributed by atoms with E-state index in [2.05, 4.69) is 5.16 Å². The zero-order valence-electron chi connectivity index (χ0n) is 7.18. The molecule has 0 radical (unpaired) electrons. The summed E-state index contributed by atoms with van der Waals surface area (Å²) in [5, 5.41) is 3.84. The van der Waals surface area contributed by atoms with Gasteiger partial charge in [0.25, 0.3) is 0 Å². The lowest BCUT2D eigenvalue weighted by atomic mass is 10.2. The topological polar surface area (TPSA) is 21.6 Å². The minimum Gasteiger partial charge on any atom is -0.396 e. The Hall–Kier alpha value is -0.530. The van der Waals surface area contributed by atoms with Crippen molar-refractivity contribution in [1.29, 1.82) is 0 Å². The van der Waals surface area contributed by atoms with Gasteiger partial charge in [0.1, 0.15) is 6.61 Å². The van der Waals surface area contributed by atoms with Crippen molar-refractivity contribution in [2.24, 2.45) is 5.16 Å². The molecule has 1 aliphatic heterocycles. The first-order valence-electron chi connectivity index (χ1n) is 4.05. The van der Waals surface area contributed by atoms with Crippen molar-refractivity contribution in [2.75, 3.05) is 6.61 Å². The van der Waals surface area contributed by atoms with Crippen LogP contribution in [0, 0.1) is 0 Å². The molecule has 0 saturated carbocycles. The van der Waals surface area contributed by atoms with Crippen LogP contribution >= 0.6 is 0 Å². The van der Waals surface area contributed by atoms with Gasteiger partial charge in [-0.2, -0.15) is 0 Å². The molecular weight excluding hydrogens is 126 g/mol. The lowest BCUT2D eigenvalue weighted by molar-refractivity contribution is 0.146. The van der Waals surface area contributed by atoms with Gasteiger partial charge in [-0.15, -0.1) is 0 Å². The molecule has 0 atom stereocenters. The first-order valence-corrected chi connectivity index (χ1v) is 4.05. The summed E-state index contributed by atoms with van der Waals surface area (Å²) in [6.07, 6.45) is 3.50. The molecule has 0 saturated heterocycles. The Bertz CT molecular complexity index is 99.4. The van der Waals surface area contributed by atoms with Gasteiger partial charge in [-0.05, 0) is 26.2 Å². The van der Waals surface area contributed by atoms with Crippen molar-refractivity contribution in [1.82, 2.24) is 0 Å². The molecule has 0 aromatic heterocycles. The normalized spacial score (nSPS) is 17.3. The highest BCUT2D eigenvalue weighted by Gasteiger charge is 1.97. The summed E-state index contributed by atoms with van der Waals surface area (Å²) in [5.41, 5.74) is 1.13. The number of hydrogen-bond acceptors (Lipinski definition) is 2. The SMILES string of the molecule is CC.CC1=NOCCCC1. The van der Waals surface area contributed by atoms with Crippen LogP contribution in [-0.4, -0.2) is 12.3 Å². The van der Waals surface area contributed by atoms with Gasteiger partial charge < -0.3 is 4.84 Å². The Morgan fingerprint density at radius 1 is 1.30 bits per heavy atom. The monoisotopic (exact) mass is 143 g/mol. The van der Waals surface area contributed by atoms with Crippen molar-refractivity contribution in [3.05, 3.63) is 0 Å². The average molecular weight is 143 g/mol. The van der Waals surface area contributed by atoms with Crippen LogP contribution in [0.25, 0.3) is 0 Å². The van der Waals surface area contributed by atoms with E-state index in [1.165, 1.54) is 6.42 Å². The maximum Gasteiger partial charge on any atom is 0.117 e. The zero-order chi connectivity index (χ0) is 7.82. The molecule has 2 heteroatoms. The van der Waals surface area contributed by atoms with Gasteiger partial charge in [0.05, 0.1) is 5.71 Å². The third kappa shape index (κ3) is 4.36. The summed E-state index contributed by atoms with van der Waals surface area (Å²) in [6.45, 7) is 6.81. The minimum absolute atomic E-state index is 0.803. The summed E-state index contributed by atoms with van der Waals surface area (Å²) in [5.74, 6) is 0. The predicted octanol–water partition coefficient (Wildman–Crippen LogP) is 2.59. The number of oxime groups is 1. The molecule has 0 aromatic carbocycles. The van der Waals surface area contributed by atoms with E-state index in [9.17, 15) is 0 Å². The van der Waals surface area contributed by atoms with Crippen molar-refractivity contribution in [2.45, 2.75) is 40.0 Å². The highest BCUT2D eigenvalue weighted by Crippen LogP contribution is 2.03. The molecule has 0 spiro atoms. The largest absolute Gasteiger partial charge is 0.396 e. The van der Waals surface area contributed by atoms with Gasteiger partial charge in [0, 0.05) is 0 Å². The lowest BCUT2D eigenvalue weighted by Gasteiger charge is -1.89. The van der Waals surface area contributed by atoms with Crippen LogP contribution in [0.2, 0.25) is 0 Å². The molecule has 0 unspecified atom stereocenters. The molecule has 10 heavy (non-hydrogen) atoms. The average Bonchev–Trinajstić information content (AvgIpc) is 2.21. The third-order valence-corrected chi connectivity index (χ3v) is 1.24. The molecule has 1 heterocycles. The van der Waals surface area contributed by atoms with Crippen LogP contribution in [0.5, 0.6) is 0 Å². The molecular formula is C8H17NO. The second-order valence-corrected chi connectivity index (χ2v) is 2.12. The van der Waals surface area contributed by atoms with E-state index in [1.807, 2.05) is 20.8 Å². The Balaban J connectivity index is 0.000000371. The maximum atomic E-state index is 4.89. The van der Waals surface area contributed by atoms with Crippen molar-refractivity contribution in [3.8, 4) is 0 Å². The molecule has 1 aliphatic rings. The Morgan fingerprint density at radius 3 is 2.70 bits per heavy atom. The van der Waals surface area contributed by atoms with Gasteiger partial charge >= 0.3 is 0 Å². The molecule has 0 fully saturated rings. The summed E-state index contributed by atoms with van der Waals surface area (Å²) in [7, 11) is 0. The van der Waals surface area contributed by atoms with E-state index in [0.29, 0.717) is 0 Å². The van der Waals surface area contributed by atoms with Gasteiger partial charge in [0.2, 0.25) is 0 Å². The summed E-state index contributed by atoms with van der Waals surface area (Å²) in [4.78, 5) is 4.89. The smallest absolute Gasteiger partial charge is 0.117 e. The summed E-state index contributed by atoms with van der Waals surface area (Å²) in [6, 6.07) is 0. The van der Waals surface area contributed by atoms with Crippen molar-refractivity contribution in [3.63, 3.8) is 0 Å². The van der Waals surface area contributed by atoms with E-state index in [-0.39, 0.29) is 0 Å². The standard InChI is InChI=1S/C6H11NO.C2H6/c1-6-4-2-3-5-8-7-6;1-2/h2-5H2,1H3;1-2H3. The third-order valence-electron chi connectivity index (χ3n) is 1.24. The van der Waals surface area contributed by atoms with Gasteiger partial charge in [0.15, 0.2) is 0 Å². The zero-order valence-corrected chi connectivity index (χ0v) is 7.18. The minimum atomic E-state index is 0.803. The van der Waals surface area contributed by atoms with Crippen LogP contribution in [0.15, 0.2) is 5.16 Å². The first kappa shape index (κ1) is 9.47. The van der Waals surface area contributed by atoms with E-state index >= 15 is 0 Å². The van der Waals surface area contributed by atoms with Crippen LogP contribution in [0.4, 0.5) is 0 Å². The molecule has 0 aliphatic carbocycles. The molecule has 0 amide bonds. The Morgan fingerprint density at radius 2 is 2.00 bits per heavy atom. The van der Waals surface area contributed by atoms with Crippen LogP contribution < -0.4 is 0 Å². The molecule has 0 aromatic rings.